The van der Waals surface area contributed by atoms with E-state index in [9.17, 15) is 0 Å². The van der Waals surface area contributed by atoms with Gasteiger partial charge in [-0.3, -0.25) is 0 Å². The Kier molecular flexibility index (Phi) is 4.61. The van der Waals surface area contributed by atoms with Gasteiger partial charge in [0.1, 0.15) is 0 Å². The first-order valence-corrected chi connectivity index (χ1v) is 13.6. The zero-order chi connectivity index (χ0) is 21.7. The molecule has 0 aliphatic heterocycles. The predicted molar refractivity (Wildman–Crippen MR) is 129 cm³/mol. The maximum absolute atomic E-state index is 4.43. The molecular formula is C30H50. The fraction of sp³-hybridized carbons (Fsp3) is 0.933. The molecule has 0 spiro atoms. The first kappa shape index (κ1) is 21.6. The number of fused-ring (bicyclic) bond motifs is 7. The molecule has 0 N–H and O–H groups in total. The summed E-state index contributed by atoms with van der Waals surface area (Å²) < 4.78 is 0. The van der Waals surface area contributed by atoms with E-state index in [4.69, 9.17) is 0 Å². The van der Waals surface area contributed by atoms with Crippen LogP contribution in [0.25, 0.3) is 0 Å². The van der Waals surface area contributed by atoms with Gasteiger partial charge in [-0.2, -0.15) is 0 Å². The highest BCUT2D eigenvalue weighted by atomic mass is 14.7. The van der Waals surface area contributed by atoms with Gasteiger partial charge in [0.2, 0.25) is 0 Å². The molecule has 170 valence electrons. The van der Waals surface area contributed by atoms with Crippen LogP contribution >= 0.6 is 0 Å². The van der Waals surface area contributed by atoms with Crippen molar-refractivity contribution in [2.45, 2.75) is 119 Å². The van der Waals surface area contributed by atoms with Crippen LogP contribution < -0.4 is 0 Å². The lowest BCUT2D eigenvalue weighted by Crippen LogP contribution is -2.65. The van der Waals surface area contributed by atoms with E-state index >= 15 is 0 Å². The van der Waals surface area contributed by atoms with Crippen LogP contribution in [0.4, 0.5) is 0 Å². The Bertz CT molecular complexity index is 730. The molecule has 0 heteroatoms. The maximum atomic E-state index is 4.43. The Morgan fingerprint density at radius 2 is 1.23 bits per heavy atom. The highest BCUT2D eigenvalue weighted by Gasteiger charge is 2.70. The van der Waals surface area contributed by atoms with Crippen molar-refractivity contribution in [2.75, 3.05) is 0 Å². The summed E-state index contributed by atoms with van der Waals surface area (Å²) in [7, 11) is 0. The number of hydrogen-bond donors (Lipinski definition) is 0. The van der Waals surface area contributed by atoms with Gasteiger partial charge in [-0.05, 0) is 128 Å². The monoisotopic (exact) mass is 410 g/mol. The summed E-state index contributed by atoms with van der Waals surface area (Å²) in [6, 6.07) is 0. The van der Waals surface area contributed by atoms with Crippen molar-refractivity contribution in [1.82, 2.24) is 0 Å². The Morgan fingerprint density at radius 3 is 1.87 bits per heavy atom. The topological polar surface area (TPSA) is 0 Å². The summed E-state index contributed by atoms with van der Waals surface area (Å²) in [6.45, 7) is 23.0. The molecular weight excluding hydrogens is 360 g/mol. The average molecular weight is 411 g/mol. The van der Waals surface area contributed by atoms with Crippen molar-refractivity contribution in [3.05, 3.63) is 12.2 Å². The second-order valence-electron chi connectivity index (χ2n) is 14.6. The van der Waals surface area contributed by atoms with Crippen LogP contribution in [0.3, 0.4) is 0 Å². The molecule has 5 aliphatic carbocycles. The van der Waals surface area contributed by atoms with E-state index in [-0.39, 0.29) is 0 Å². The normalized spacial score (nSPS) is 57.0. The van der Waals surface area contributed by atoms with Crippen molar-refractivity contribution >= 4 is 0 Å². The summed E-state index contributed by atoms with van der Waals surface area (Å²) in [4.78, 5) is 0. The van der Waals surface area contributed by atoms with Crippen LogP contribution in [0.1, 0.15) is 119 Å². The minimum Gasteiger partial charge on any atom is -0.0999 e. The summed E-state index contributed by atoms with van der Waals surface area (Å²) in [6.07, 6.45) is 16.3. The number of hydrogen-bond acceptors (Lipinski definition) is 0. The van der Waals surface area contributed by atoms with Gasteiger partial charge < -0.3 is 0 Å². The van der Waals surface area contributed by atoms with Gasteiger partial charge in [0.25, 0.3) is 0 Å². The minimum atomic E-state index is 0.542. The zero-order valence-electron chi connectivity index (χ0n) is 21.4. The third-order valence-corrected chi connectivity index (χ3v) is 13.3. The zero-order valence-corrected chi connectivity index (χ0v) is 21.4. The highest BCUT2D eigenvalue weighted by molar-refractivity contribution is 5.20. The molecule has 9 unspecified atom stereocenters. The van der Waals surface area contributed by atoms with Gasteiger partial charge in [-0.15, -0.1) is 0 Å². The van der Waals surface area contributed by atoms with Gasteiger partial charge in [0.05, 0.1) is 0 Å². The molecule has 0 aromatic rings. The molecule has 5 saturated carbocycles. The Labute approximate surface area is 188 Å². The maximum Gasteiger partial charge on any atom is -0.0175 e. The van der Waals surface area contributed by atoms with Crippen molar-refractivity contribution in [1.29, 1.82) is 0 Å². The average Bonchev–Trinajstić information content (AvgIpc) is 2.99. The smallest absolute Gasteiger partial charge is 0.0175 e. The summed E-state index contributed by atoms with van der Waals surface area (Å²) in [5.74, 6) is 4.54. The molecule has 0 saturated heterocycles. The molecule has 5 fully saturated rings. The molecule has 0 nitrogen and oxygen atoms in total. The minimum absolute atomic E-state index is 0.542. The number of allylic oxidation sites excluding steroid dienone is 1. The number of rotatable bonds is 1. The molecule has 9 atom stereocenters. The Balaban J connectivity index is 1.53. The SMILES string of the molecule is C=C(C)C1CCC2(C)C1CCC1(C)C2CCC2C3(C)CCCC(C)(C)C3CCC21C. The quantitative estimate of drug-likeness (QED) is 0.378. The lowest BCUT2D eigenvalue weighted by atomic mass is 9.32. The molecule has 0 aromatic heterocycles. The van der Waals surface area contributed by atoms with Gasteiger partial charge in [0.15, 0.2) is 0 Å². The summed E-state index contributed by atoms with van der Waals surface area (Å²) >= 11 is 0. The van der Waals surface area contributed by atoms with Crippen LogP contribution in [-0.4, -0.2) is 0 Å². The van der Waals surface area contributed by atoms with Crippen molar-refractivity contribution in [3.8, 4) is 0 Å². The lowest BCUT2D eigenvalue weighted by molar-refractivity contribution is -0.240. The van der Waals surface area contributed by atoms with E-state index in [2.05, 4.69) is 55.0 Å². The molecule has 5 aliphatic rings. The molecule has 0 radical (unpaired) electrons. The summed E-state index contributed by atoms with van der Waals surface area (Å²) in [5, 5.41) is 0. The molecule has 0 bridgehead atoms. The predicted octanol–water partition coefficient (Wildman–Crippen LogP) is 9.05. The molecule has 5 rings (SSSR count). The van der Waals surface area contributed by atoms with Gasteiger partial charge >= 0.3 is 0 Å². The van der Waals surface area contributed by atoms with E-state index in [1.807, 2.05) is 0 Å². The van der Waals surface area contributed by atoms with Crippen LogP contribution in [0.5, 0.6) is 0 Å². The van der Waals surface area contributed by atoms with Crippen LogP contribution in [0.15, 0.2) is 12.2 Å². The van der Waals surface area contributed by atoms with Gasteiger partial charge in [-0.25, -0.2) is 0 Å². The molecule has 0 amide bonds. The first-order chi connectivity index (χ1) is 13.9. The highest BCUT2D eigenvalue weighted by Crippen LogP contribution is 2.77. The molecule has 0 aromatic carbocycles. The second kappa shape index (κ2) is 6.41. The van der Waals surface area contributed by atoms with Crippen LogP contribution in [0, 0.1) is 56.7 Å². The van der Waals surface area contributed by atoms with E-state index in [1.165, 1.54) is 76.2 Å². The largest absolute Gasteiger partial charge is 0.0999 e. The van der Waals surface area contributed by atoms with Crippen LogP contribution in [-0.2, 0) is 0 Å². The van der Waals surface area contributed by atoms with Crippen molar-refractivity contribution in [2.24, 2.45) is 56.7 Å². The lowest BCUT2D eigenvalue weighted by Gasteiger charge is -2.73. The van der Waals surface area contributed by atoms with Crippen molar-refractivity contribution < 1.29 is 0 Å². The van der Waals surface area contributed by atoms with Crippen LogP contribution in [0.2, 0.25) is 0 Å². The van der Waals surface area contributed by atoms with Gasteiger partial charge in [-0.1, -0.05) is 60.1 Å². The fourth-order valence-electron chi connectivity index (χ4n) is 11.9. The third kappa shape index (κ3) is 2.46. The van der Waals surface area contributed by atoms with Gasteiger partial charge in [0, 0.05) is 0 Å². The third-order valence-electron chi connectivity index (χ3n) is 13.3. The Morgan fingerprint density at radius 1 is 0.633 bits per heavy atom. The van der Waals surface area contributed by atoms with E-state index in [0.29, 0.717) is 27.1 Å². The van der Waals surface area contributed by atoms with E-state index in [1.54, 1.807) is 0 Å². The summed E-state index contributed by atoms with van der Waals surface area (Å²) in [5.41, 5.74) is 4.26. The Hall–Kier alpha value is -0.260. The fourth-order valence-corrected chi connectivity index (χ4v) is 11.9. The van der Waals surface area contributed by atoms with E-state index in [0.717, 1.165) is 29.6 Å². The molecule has 30 heavy (non-hydrogen) atoms. The second-order valence-corrected chi connectivity index (χ2v) is 14.6. The van der Waals surface area contributed by atoms with Crippen molar-refractivity contribution in [3.63, 3.8) is 0 Å². The first-order valence-electron chi connectivity index (χ1n) is 13.6. The molecule has 0 heterocycles. The standard InChI is InChI=1S/C30H50/c1-20(2)21-12-17-27(5)22(21)13-18-29(7)24(27)10-11-25-28(6)16-9-15-26(3,4)23(28)14-19-30(25,29)8/h21-25H,1,9-19H2,2-8H3. The van der Waals surface area contributed by atoms with E-state index < -0.39 is 0 Å².